The van der Waals surface area contributed by atoms with Crippen molar-refractivity contribution >= 4 is 11.4 Å². The van der Waals surface area contributed by atoms with E-state index in [0.717, 1.165) is 24.9 Å². The molecule has 0 bridgehead atoms. The number of rotatable bonds is 7. The number of para-hydroxylation sites is 1. The van der Waals surface area contributed by atoms with Crippen LogP contribution in [0.25, 0.3) is 0 Å². The number of aryl methyl sites for hydroxylation is 1. The molecule has 0 fully saturated rings. The Labute approximate surface area is 124 Å². The Morgan fingerprint density at radius 2 is 2.00 bits per heavy atom. The van der Waals surface area contributed by atoms with Crippen LogP contribution in [0.3, 0.4) is 0 Å². The van der Waals surface area contributed by atoms with E-state index in [2.05, 4.69) is 17.3 Å². The smallest absolute Gasteiger partial charge is 0.268 e. The summed E-state index contributed by atoms with van der Waals surface area (Å²) in [6.07, 6.45) is 3.23. The van der Waals surface area contributed by atoms with Gasteiger partial charge in [0.2, 0.25) is 0 Å². The molecule has 0 radical (unpaired) electrons. The van der Waals surface area contributed by atoms with Crippen molar-refractivity contribution in [3.63, 3.8) is 0 Å². The minimum absolute atomic E-state index is 0.172. The fraction of sp³-hybridized carbons (Fsp3) is 0.375. The molecule has 5 heteroatoms. The highest BCUT2D eigenvalue weighted by molar-refractivity contribution is 5.63. The quantitative estimate of drug-likeness (QED) is 0.795. The highest BCUT2D eigenvalue weighted by Gasteiger charge is 2.09. The van der Waals surface area contributed by atoms with Crippen molar-refractivity contribution in [3.05, 3.63) is 46.8 Å². The number of anilines is 2. The largest absolute Gasteiger partial charge is 0.475 e. The molecule has 0 spiro atoms. The number of nitrogens with one attached hydrogen (secondary N) is 1. The Morgan fingerprint density at radius 1 is 1.24 bits per heavy atom. The average molecular weight is 287 g/mol. The Balaban J connectivity index is 2.17. The highest BCUT2D eigenvalue weighted by atomic mass is 16.5. The zero-order valence-electron chi connectivity index (χ0n) is 12.5. The summed E-state index contributed by atoms with van der Waals surface area (Å²) in [6, 6.07) is 11.2. The van der Waals surface area contributed by atoms with E-state index in [9.17, 15) is 4.79 Å². The van der Waals surface area contributed by atoms with Crippen LogP contribution < -0.4 is 15.6 Å². The summed E-state index contributed by atoms with van der Waals surface area (Å²) in [5.41, 5.74) is 1.32. The van der Waals surface area contributed by atoms with E-state index >= 15 is 0 Å². The van der Waals surface area contributed by atoms with Gasteiger partial charge >= 0.3 is 0 Å². The second-order valence-corrected chi connectivity index (χ2v) is 4.87. The lowest BCUT2D eigenvalue weighted by Crippen LogP contribution is -2.20. The van der Waals surface area contributed by atoms with E-state index in [1.165, 1.54) is 10.7 Å². The van der Waals surface area contributed by atoms with Gasteiger partial charge in [0.1, 0.15) is 5.69 Å². The molecule has 0 unspecified atom stereocenters. The van der Waals surface area contributed by atoms with Gasteiger partial charge in [-0.25, -0.2) is 4.68 Å². The molecule has 0 saturated heterocycles. The molecule has 21 heavy (non-hydrogen) atoms. The molecule has 0 atom stereocenters. The van der Waals surface area contributed by atoms with Gasteiger partial charge in [0, 0.05) is 18.8 Å². The molecule has 0 aliphatic rings. The van der Waals surface area contributed by atoms with Crippen molar-refractivity contribution in [3.8, 4) is 5.88 Å². The van der Waals surface area contributed by atoms with Crippen molar-refractivity contribution in [1.82, 2.24) is 9.78 Å². The Bertz CT molecular complexity index is 623. The predicted molar refractivity (Wildman–Crippen MR) is 84.2 cm³/mol. The summed E-state index contributed by atoms with van der Waals surface area (Å²) in [4.78, 5) is 11.8. The van der Waals surface area contributed by atoms with Crippen LogP contribution in [0, 0.1) is 0 Å². The van der Waals surface area contributed by atoms with Crippen LogP contribution in [-0.4, -0.2) is 16.4 Å². The molecule has 0 aliphatic heterocycles. The van der Waals surface area contributed by atoms with Crippen molar-refractivity contribution in [2.24, 2.45) is 7.05 Å². The molecule has 0 amide bonds. The summed E-state index contributed by atoms with van der Waals surface area (Å²) < 4.78 is 7.00. The molecule has 1 aromatic heterocycles. The maximum Gasteiger partial charge on any atom is 0.268 e. The van der Waals surface area contributed by atoms with Crippen molar-refractivity contribution in [2.45, 2.75) is 26.2 Å². The van der Waals surface area contributed by atoms with Gasteiger partial charge < -0.3 is 10.1 Å². The Hall–Kier alpha value is -2.30. The van der Waals surface area contributed by atoms with E-state index in [1.807, 2.05) is 30.3 Å². The van der Waals surface area contributed by atoms with Gasteiger partial charge in [-0.3, -0.25) is 4.79 Å². The Kier molecular flexibility index (Phi) is 5.37. The van der Waals surface area contributed by atoms with E-state index in [4.69, 9.17) is 4.74 Å². The number of unbranched alkanes of at least 4 members (excludes halogenated alkanes) is 2. The third kappa shape index (κ3) is 4.34. The van der Waals surface area contributed by atoms with E-state index < -0.39 is 0 Å². The zero-order chi connectivity index (χ0) is 15.1. The number of ether oxygens (including phenoxy) is 1. The molecule has 1 aromatic carbocycles. The van der Waals surface area contributed by atoms with Crippen molar-refractivity contribution in [1.29, 1.82) is 0 Å². The van der Waals surface area contributed by atoms with Gasteiger partial charge in [-0.05, 0) is 18.6 Å². The molecule has 0 aliphatic carbocycles. The maximum atomic E-state index is 11.8. The predicted octanol–water partition coefficient (Wildman–Crippen LogP) is 3.09. The summed E-state index contributed by atoms with van der Waals surface area (Å²) in [6.45, 7) is 2.75. The van der Waals surface area contributed by atoms with Crippen LogP contribution in [0.15, 0.2) is 41.2 Å². The molecule has 1 N–H and O–H groups in total. The number of aromatic nitrogens is 2. The number of benzene rings is 1. The minimum Gasteiger partial charge on any atom is -0.475 e. The Morgan fingerprint density at radius 3 is 2.71 bits per heavy atom. The van der Waals surface area contributed by atoms with Crippen LogP contribution in [0.1, 0.15) is 26.2 Å². The lowest BCUT2D eigenvalue weighted by Gasteiger charge is -2.12. The first-order valence-corrected chi connectivity index (χ1v) is 7.24. The van der Waals surface area contributed by atoms with Crippen LogP contribution in [0.5, 0.6) is 5.88 Å². The number of hydrogen-bond donors (Lipinski definition) is 1. The van der Waals surface area contributed by atoms with E-state index in [0.29, 0.717) is 18.2 Å². The molecule has 1 heterocycles. The SMILES string of the molecule is CCCCCOc1nn(C)c(=O)cc1Nc1ccccc1. The second kappa shape index (κ2) is 7.47. The first kappa shape index (κ1) is 15.1. The normalized spacial score (nSPS) is 10.4. The lowest BCUT2D eigenvalue weighted by atomic mass is 10.3. The summed E-state index contributed by atoms with van der Waals surface area (Å²) in [5, 5.41) is 7.37. The molecule has 112 valence electrons. The molecule has 5 nitrogen and oxygen atoms in total. The van der Waals surface area contributed by atoms with Crippen LogP contribution >= 0.6 is 0 Å². The van der Waals surface area contributed by atoms with Gasteiger partial charge in [-0.2, -0.15) is 0 Å². The molecule has 0 saturated carbocycles. The van der Waals surface area contributed by atoms with Gasteiger partial charge in [0.25, 0.3) is 11.4 Å². The van der Waals surface area contributed by atoms with E-state index in [-0.39, 0.29) is 5.56 Å². The standard InChI is InChI=1S/C16H21N3O2/c1-3-4-8-11-21-16-14(12-15(20)19(2)18-16)17-13-9-6-5-7-10-13/h5-7,9-10,12,17H,3-4,8,11H2,1-2H3. The van der Waals surface area contributed by atoms with Crippen LogP contribution in [0.4, 0.5) is 11.4 Å². The zero-order valence-corrected chi connectivity index (χ0v) is 12.5. The maximum absolute atomic E-state index is 11.8. The number of hydrogen-bond acceptors (Lipinski definition) is 4. The van der Waals surface area contributed by atoms with Gasteiger partial charge in [-0.1, -0.05) is 38.0 Å². The van der Waals surface area contributed by atoms with Crippen LogP contribution in [0.2, 0.25) is 0 Å². The summed E-state index contributed by atoms with van der Waals surface area (Å²) in [7, 11) is 1.62. The highest BCUT2D eigenvalue weighted by Crippen LogP contribution is 2.23. The van der Waals surface area contributed by atoms with Gasteiger partial charge in [-0.15, -0.1) is 5.10 Å². The molecular weight excluding hydrogens is 266 g/mol. The minimum atomic E-state index is -0.172. The van der Waals surface area contributed by atoms with Crippen LogP contribution in [-0.2, 0) is 7.05 Å². The van der Waals surface area contributed by atoms with E-state index in [1.54, 1.807) is 7.05 Å². The molecular formula is C16H21N3O2. The van der Waals surface area contributed by atoms with Crippen molar-refractivity contribution < 1.29 is 4.74 Å². The fourth-order valence-electron chi connectivity index (χ4n) is 1.91. The third-order valence-electron chi connectivity index (χ3n) is 3.10. The summed E-state index contributed by atoms with van der Waals surface area (Å²) in [5.74, 6) is 0.456. The number of nitrogens with zero attached hydrogens (tertiary/aromatic N) is 2. The topological polar surface area (TPSA) is 56.2 Å². The monoisotopic (exact) mass is 287 g/mol. The third-order valence-corrected chi connectivity index (χ3v) is 3.10. The van der Waals surface area contributed by atoms with Gasteiger partial charge in [0.05, 0.1) is 6.61 Å². The summed E-state index contributed by atoms with van der Waals surface area (Å²) >= 11 is 0. The van der Waals surface area contributed by atoms with Gasteiger partial charge in [0.15, 0.2) is 0 Å². The second-order valence-electron chi connectivity index (χ2n) is 4.87. The average Bonchev–Trinajstić information content (AvgIpc) is 2.49. The lowest BCUT2D eigenvalue weighted by molar-refractivity contribution is 0.288. The first-order chi connectivity index (χ1) is 10.2. The first-order valence-electron chi connectivity index (χ1n) is 7.24. The molecule has 2 rings (SSSR count). The van der Waals surface area contributed by atoms with Crippen molar-refractivity contribution in [2.75, 3.05) is 11.9 Å². The fourth-order valence-corrected chi connectivity index (χ4v) is 1.91. The molecule has 2 aromatic rings.